The fraction of sp³-hybridized carbons (Fsp3) is 0.222. The molecule has 2 nitrogen and oxygen atoms in total. The van der Waals surface area contributed by atoms with E-state index in [1.165, 1.54) is 3.57 Å². The number of nitrogens with zero attached hydrogens (tertiary/aromatic N) is 1. The molecule has 12 heavy (non-hydrogen) atoms. The highest BCUT2D eigenvalue weighted by Crippen LogP contribution is 2.14. The first kappa shape index (κ1) is 9.49. The molecule has 0 amide bonds. The molecule has 1 rings (SSSR count). The van der Waals surface area contributed by atoms with Gasteiger partial charge in [-0.3, -0.25) is 0 Å². The van der Waals surface area contributed by atoms with E-state index >= 15 is 0 Å². The molecule has 0 saturated heterocycles. The predicted molar refractivity (Wildman–Crippen MR) is 56.6 cm³/mol. The summed E-state index contributed by atoms with van der Waals surface area (Å²) in [5, 5.41) is 8.64. The molecule has 0 radical (unpaired) electrons. The third kappa shape index (κ3) is 2.19. The molecule has 0 aliphatic rings. The number of nitrogens with two attached hydrogens (primary N) is 1. The Bertz CT molecular complexity index is 315. The normalized spacial score (nSPS) is 9.42. The van der Waals surface area contributed by atoms with E-state index in [-0.39, 0.29) is 0 Å². The van der Waals surface area contributed by atoms with Gasteiger partial charge in [0.05, 0.1) is 11.6 Å². The van der Waals surface area contributed by atoms with E-state index in [0.29, 0.717) is 12.1 Å². The minimum absolute atomic E-state index is 0.630. The second kappa shape index (κ2) is 4.43. The fourth-order valence-electron chi connectivity index (χ4n) is 0.991. The molecule has 0 atom stereocenters. The molecule has 1 aromatic rings. The van der Waals surface area contributed by atoms with Crippen molar-refractivity contribution in [2.24, 2.45) is 5.73 Å². The van der Waals surface area contributed by atoms with Gasteiger partial charge in [0, 0.05) is 3.57 Å². The SMILES string of the molecule is N#Cc1ccc(I)c(CCN)c1. The quantitative estimate of drug-likeness (QED) is 0.832. The van der Waals surface area contributed by atoms with E-state index in [9.17, 15) is 0 Å². The van der Waals surface area contributed by atoms with Crippen molar-refractivity contribution in [2.75, 3.05) is 6.54 Å². The molecule has 0 fully saturated rings. The summed E-state index contributed by atoms with van der Waals surface area (Å²) in [6.45, 7) is 0.630. The molecule has 0 saturated carbocycles. The molecular formula is C9H9IN2. The van der Waals surface area contributed by atoms with Crippen LogP contribution in [0.25, 0.3) is 0 Å². The number of benzene rings is 1. The van der Waals surface area contributed by atoms with Crippen LogP contribution in [0.5, 0.6) is 0 Å². The van der Waals surface area contributed by atoms with Crippen LogP contribution in [-0.2, 0) is 6.42 Å². The second-order valence-corrected chi connectivity index (χ2v) is 3.62. The number of hydrogen-bond acceptors (Lipinski definition) is 2. The summed E-state index contributed by atoms with van der Waals surface area (Å²) in [4.78, 5) is 0. The third-order valence-corrected chi connectivity index (χ3v) is 2.64. The van der Waals surface area contributed by atoms with Crippen LogP contribution in [0.4, 0.5) is 0 Å². The van der Waals surface area contributed by atoms with Crippen LogP contribution in [0, 0.1) is 14.9 Å². The van der Waals surface area contributed by atoms with Crippen molar-refractivity contribution in [2.45, 2.75) is 6.42 Å². The van der Waals surface area contributed by atoms with E-state index in [1.807, 2.05) is 18.2 Å². The minimum Gasteiger partial charge on any atom is -0.330 e. The Morgan fingerprint density at radius 1 is 1.50 bits per heavy atom. The van der Waals surface area contributed by atoms with E-state index in [4.69, 9.17) is 11.0 Å². The molecular weight excluding hydrogens is 263 g/mol. The van der Waals surface area contributed by atoms with Gasteiger partial charge < -0.3 is 5.73 Å². The van der Waals surface area contributed by atoms with E-state index in [2.05, 4.69) is 28.7 Å². The van der Waals surface area contributed by atoms with Gasteiger partial charge in [-0.2, -0.15) is 5.26 Å². The third-order valence-electron chi connectivity index (χ3n) is 1.59. The zero-order chi connectivity index (χ0) is 8.97. The number of halogens is 1. The lowest BCUT2D eigenvalue weighted by molar-refractivity contribution is 0.962. The summed E-state index contributed by atoms with van der Waals surface area (Å²) in [5.74, 6) is 0. The molecule has 3 heteroatoms. The summed E-state index contributed by atoms with van der Waals surface area (Å²) >= 11 is 2.25. The molecule has 0 aliphatic heterocycles. The standard InChI is InChI=1S/C9H9IN2/c10-9-2-1-7(6-12)5-8(9)3-4-11/h1-2,5H,3-4,11H2. The average Bonchev–Trinajstić information content (AvgIpc) is 2.09. The maximum absolute atomic E-state index is 8.64. The smallest absolute Gasteiger partial charge is 0.0991 e. The summed E-state index contributed by atoms with van der Waals surface area (Å²) in [5.41, 5.74) is 7.31. The molecule has 0 heterocycles. The van der Waals surface area contributed by atoms with Gasteiger partial charge in [0.2, 0.25) is 0 Å². The first-order chi connectivity index (χ1) is 5.77. The first-order valence-electron chi connectivity index (χ1n) is 3.66. The number of rotatable bonds is 2. The average molecular weight is 272 g/mol. The Balaban J connectivity index is 3.01. The van der Waals surface area contributed by atoms with Crippen molar-refractivity contribution in [1.82, 2.24) is 0 Å². The van der Waals surface area contributed by atoms with Crippen LogP contribution in [0.1, 0.15) is 11.1 Å². The molecule has 0 unspecified atom stereocenters. The molecule has 0 spiro atoms. The number of hydrogen-bond donors (Lipinski definition) is 1. The van der Waals surface area contributed by atoms with Crippen molar-refractivity contribution < 1.29 is 0 Å². The Labute approximate surface area is 85.5 Å². The Morgan fingerprint density at radius 2 is 2.25 bits per heavy atom. The highest BCUT2D eigenvalue weighted by molar-refractivity contribution is 14.1. The van der Waals surface area contributed by atoms with E-state index in [1.54, 1.807) is 0 Å². The highest BCUT2D eigenvalue weighted by atomic mass is 127. The van der Waals surface area contributed by atoms with E-state index in [0.717, 1.165) is 12.0 Å². The second-order valence-electron chi connectivity index (χ2n) is 2.46. The van der Waals surface area contributed by atoms with Crippen molar-refractivity contribution >= 4 is 22.6 Å². The van der Waals surface area contributed by atoms with Gasteiger partial charge in [0.1, 0.15) is 0 Å². The Morgan fingerprint density at radius 3 is 2.83 bits per heavy atom. The van der Waals surface area contributed by atoms with Crippen LogP contribution in [0.15, 0.2) is 18.2 Å². The fourth-order valence-corrected chi connectivity index (χ4v) is 1.60. The van der Waals surface area contributed by atoms with Crippen LogP contribution in [-0.4, -0.2) is 6.54 Å². The zero-order valence-electron chi connectivity index (χ0n) is 6.55. The first-order valence-corrected chi connectivity index (χ1v) is 4.74. The monoisotopic (exact) mass is 272 g/mol. The Kier molecular flexibility index (Phi) is 3.50. The van der Waals surface area contributed by atoms with Crippen LogP contribution in [0.2, 0.25) is 0 Å². The van der Waals surface area contributed by atoms with Gasteiger partial charge in [-0.15, -0.1) is 0 Å². The van der Waals surface area contributed by atoms with Crippen LogP contribution in [0.3, 0.4) is 0 Å². The van der Waals surface area contributed by atoms with Gasteiger partial charge in [-0.05, 0) is 59.3 Å². The zero-order valence-corrected chi connectivity index (χ0v) is 8.71. The molecule has 0 aromatic heterocycles. The predicted octanol–water partition coefficient (Wildman–Crippen LogP) is 1.66. The summed E-state index contributed by atoms with van der Waals surface area (Å²) in [7, 11) is 0. The van der Waals surface area contributed by atoms with Gasteiger partial charge in [0.15, 0.2) is 0 Å². The van der Waals surface area contributed by atoms with Crippen LogP contribution < -0.4 is 5.73 Å². The van der Waals surface area contributed by atoms with Crippen molar-refractivity contribution in [3.05, 3.63) is 32.9 Å². The summed E-state index contributed by atoms with van der Waals surface area (Å²) < 4.78 is 1.18. The largest absolute Gasteiger partial charge is 0.330 e. The van der Waals surface area contributed by atoms with Gasteiger partial charge in [0.25, 0.3) is 0 Å². The Hall–Kier alpha value is -0.600. The summed E-state index contributed by atoms with van der Waals surface area (Å²) in [6, 6.07) is 7.78. The van der Waals surface area contributed by atoms with Crippen LogP contribution >= 0.6 is 22.6 Å². The maximum Gasteiger partial charge on any atom is 0.0991 e. The molecule has 0 bridgehead atoms. The van der Waals surface area contributed by atoms with Crippen molar-refractivity contribution in [3.63, 3.8) is 0 Å². The maximum atomic E-state index is 8.64. The van der Waals surface area contributed by atoms with Gasteiger partial charge >= 0.3 is 0 Å². The molecule has 2 N–H and O–H groups in total. The molecule has 1 aromatic carbocycles. The lowest BCUT2D eigenvalue weighted by Gasteiger charge is -2.01. The van der Waals surface area contributed by atoms with Gasteiger partial charge in [-0.1, -0.05) is 0 Å². The lowest BCUT2D eigenvalue weighted by Crippen LogP contribution is -2.04. The molecule has 0 aliphatic carbocycles. The van der Waals surface area contributed by atoms with Crippen molar-refractivity contribution in [3.8, 4) is 6.07 Å². The molecule has 62 valence electrons. The van der Waals surface area contributed by atoms with Gasteiger partial charge in [-0.25, -0.2) is 0 Å². The summed E-state index contributed by atoms with van der Waals surface area (Å²) in [6.07, 6.45) is 0.841. The minimum atomic E-state index is 0.630. The topological polar surface area (TPSA) is 49.8 Å². The number of nitriles is 1. The van der Waals surface area contributed by atoms with Crippen molar-refractivity contribution in [1.29, 1.82) is 5.26 Å². The van der Waals surface area contributed by atoms with E-state index < -0.39 is 0 Å². The highest BCUT2D eigenvalue weighted by Gasteiger charge is 1.99. The lowest BCUT2D eigenvalue weighted by atomic mass is 10.1.